The Morgan fingerprint density at radius 2 is 2.00 bits per heavy atom. The third-order valence-corrected chi connectivity index (χ3v) is 4.91. The molecule has 3 aromatic rings. The average Bonchev–Trinajstić information content (AvgIpc) is 3.23. The van der Waals surface area contributed by atoms with Crippen molar-refractivity contribution in [3.63, 3.8) is 0 Å². The molecule has 0 radical (unpaired) electrons. The minimum Gasteiger partial charge on any atom is -0.488 e. The summed E-state index contributed by atoms with van der Waals surface area (Å²) in [7, 11) is 1.75. The topological polar surface area (TPSA) is 73.4 Å². The van der Waals surface area contributed by atoms with Gasteiger partial charge >= 0.3 is 0 Å². The summed E-state index contributed by atoms with van der Waals surface area (Å²) < 4.78 is 13.1. The van der Waals surface area contributed by atoms with Crippen LogP contribution >= 0.6 is 0 Å². The van der Waals surface area contributed by atoms with Gasteiger partial charge < -0.3 is 14.2 Å². The van der Waals surface area contributed by atoms with Crippen LogP contribution in [0.1, 0.15) is 45.6 Å². The number of amides is 1. The van der Waals surface area contributed by atoms with E-state index in [0.717, 1.165) is 29.1 Å². The van der Waals surface area contributed by atoms with Crippen LogP contribution in [0.4, 0.5) is 0 Å². The van der Waals surface area contributed by atoms with Crippen molar-refractivity contribution in [3.8, 4) is 5.75 Å². The minimum atomic E-state index is -0.205. The van der Waals surface area contributed by atoms with Crippen molar-refractivity contribution in [3.05, 3.63) is 64.3 Å². The van der Waals surface area contributed by atoms with Gasteiger partial charge in [0, 0.05) is 31.4 Å². The van der Waals surface area contributed by atoms with E-state index in [0.29, 0.717) is 17.9 Å². The second kappa shape index (κ2) is 8.29. The highest BCUT2D eigenvalue weighted by Crippen LogP contribution is 2.22. The van der Waals surface area contributed by atoms with E-state index in [1.54, 1.807) is 25.1 Å². The van der Waals surface area contributed by atoms with E-state index >= 15 is 0 Å². The second-order valence-electron chi connectivity index (χ2n) is 6.85. The predicted octanol–water partition coefficient (Wildman–Crippen LogP) is 3.67. The molecule has 0 fully saturated rings. The summed E-state index contributed by atoms with van der Waals surface area (Å²) in [4.78, 5) is 14.6. The molecule has 0 aliphatic heterocycles. The van der Waals surface area contributed by atoms with E-state index in [2.05, 4.69) is 10.3 Å². The molecule has 7 nitrogen and oxygen atoms in total. The summed E-state index contributed by atoms with van der Waals surface area (Å²) in [6, 6.07) is 7.76. The van der Waals surface area contributed by atoms with Crippen molar-refractivity contribution in [2.45, 2.75) is 47.4 Å². The fraction of sp³-hybridized carbons (Fsp3) is 0.381. The zero-order chi connectivity index (χ0) is 20.3. The highest BCUT2D eigenvalue weighted by atomic mass is 16.5. The summed E-state index contributed by atoms with van der Waals surface area (Å²) in [5.74, 6) is 1.15. The number of aryl methyl sites for hydroxylation is 3. The summed E-state index contributed by atoms with van der Waals surface area (Å²) in [5.41, 5.74) is 4.05. The summed E-state index contributed by atoms with van der Waals surface area (Å²) in [5, 5.41) is 8.33. The Labute approximate surface area is 164 Å². The standard InChI is InChI=1S/C21H26N4O3/c1-6-25-15(3)17(11-22-25)12-24(5)21(26)20-18(16(4)28-23-20)13-27-19-10-8-7-9-14(19)2/h7-11H,6,12-13H2,1-5H3. The molecule has 2 aromatic heterocycles. The third kappa shape index (κ3) is 3.93. The first kappa shape index (κ1) is 19.7. The largest absolute Gasteiger partial charge is 0.488 e. The van der Waals surface area contributed by atoms with Crippen molar-refractivity contribution in [2.24, 2.45) is 0 Å². The SMILES string of the molecule is CCn1ncc(CN(C)C(=O)c2noc(C)c2COc2ccccc2C)c1C. The van der Waals surface area contributed by atoms with Gasteiger partial charge in [-0.15, -0.1) is 0 Å². The van der Waals surface area contributed by atoms with Gasteiger partial charge in [-0.2, -0.15) is 5.10 Å². The molecule has 0 aliphatic rings. The first-order valence-corrected chi connectivity index (χ1v) is 9.32. The van der Waals surface area contributed by atoms with Gasteiger partial charge in [-0.25, -0.2) is 0 Å². The lowest BCUT2D eigenvalue weighted by Crippen LogP contribution is -2.28. The Kier molecular flexibility index (Phi) is 5.82. The molecule has 1 aromatic carbocycles. The molecule has 28 heavy (non-hydrogen) atoms. The number of carbonyl (C=O) groups excluding carboxylic acids is 1. The molecule has 0 saturated heterocycles. The molecule has 3 rings (SSSR count). The minimum absolute atomic E-state index is 0.205. The molecule has 0 N–H and O–H groups in total. The fourth-order valence-electron chi connectivity index (χ4n) is 3.06. The van der Waals surface area contributed by atoms with Gasteiger partial charge in [0.05, 0.1) is 11.8 Å². The average molecular weight is 382 g/mol. The predicted molar refractivity (Wildman–Crippen MR) is 105 cm³/mol. The summed E-state index contributed by atoms with van der Waals surface area (Å²) in [6.45, 7) is 9.29. The maximum absolute atomic E-state index is 13.0. The van der Waals surface area contributed by atoms with E-state index in [1.807, 2.05) is 49.7 Å². The molecule has 7 heteroatoms. The van der Waals surface area contributed by atoms with Gasteiger partial charge in [0.15, 0.2) is 5.69 Å². The highest BCUT2D eigenvalue weighted by molar-refractivity contribution is 5.93. The number of carbonyl (C=O) groups is 1. The Morgan fingerprint density at radius 1 is 1.25 bits per heavy atom. The molecular formula is C21H26N4O3. The Balaban J connectivity index is 1.75. The number of rotatable bonds is 7. The van der Waals surface area contributed by atoms with Crippen LogP contribution in [0.3, 0.4) is 0 Å². The molecule has 2 heterocycles. The van der Waals surface area contributed by atoms with Gasteiger partial charge in [0.2, 0.25) is 0 Å². The lowest BCUT2D eigenvalue weighted by molar-refractivity contribution is 0.0772. The number of ether oxygens (including phenoxy) is 1. The van der Waals surface area contributed by atoms with E-state index in [9.17, 15) is 4.79 Å². The zero-order valence-electron chi connectivity index (χ0n) is 17.0. The number of benzene rings is 1. The number of para-hydroxylation sites is 1. The van der Waals surface area contributed by atoms with Gasteiger partial charge in [-0.05, 0) is 39.3 Å². The summed E-state index contributed by atoms with van der Waals surface area (Å²) >= 11 is 0. The zero-order valence-corrected chi connectivity index (χ0v) is 17.0. The Morgan fingerprint density at radius 3 is 2.68 bits per heavy atom. The molecule has 1 amide bonds. The quantitative estimate of drug-likeness (QED) is 0.623. The molecule has 0 saturated carbocycles. The lowest BCUT2D eigenvalue weighted by Gasteiger charge is -2.16. The van der Waals surface area contributed by atoms with Crippen LogP contribution in [-0.4, -0.2) is 32.8 Å². The number of hydrogen-bond donors (Lipinski definition) is 0. The fourth-order valence-corrected chi connectivity index (χ4v) is 3.06. The lowest BCUT2D eigenvalue weighted by atomic mass is 10.1. The smallest absolute Gasteiger partial charge is 0.276 e. The van der Waals surface area contributed by atoms with Crippen LogP contribution in [-0.2, 0) is 19.7 Å². The Hall–Kier alpha value is -3.09. The molecule has 0 unspecified atom stereocenters. The molecule has 0 aliphatic carbocycles. The number of aromatic nitrogens is 3. The van der Waals surface area contributed by atoms with Gasteiger partial charge in [0.25, 0.3) is 5.91 Å². The number of hydrogen-bond acceptors (Lipinski definition) is 5. The Bertz CT molecular complexity index is 974. The van der Waals surface area contributed by atoms with Crippen LogP contribution in [0.2, 0.25) is 0 Å². The van der Waals surface area contributed by atoms with E-state index in [-0.39, 0.29) is 18.2 Å². The first-order valence-electron chi connectivity index (χ1n) is 9.32. The van der Waals surface area contributed by atoms with E-state index < -0.39 is 0 Å². The van der Waals surface area contributed by atoms with Crippen LogP contribution in [0.25, 0.3) is 0 Å². The second-order valence-corrected chi connectivity index (χ2v) is 6.85. The third-order valence-electron chi connectivity index (χ3n) is 4.91. The maximum Gasteiger partial charge on any atom is 0.276 e. The molecule has 148 valence electrons. The summed E-state index contributed by atoms with van der Waals surface area (Å²) in [6.07, 6.45) is 1.80. The van der Waals surface area contributed by atoms with E-state index in [4.69, 9.17) is 9.26 Å². The van der Waals surface area contributed by atoms with Crippen molar-refractivity contribution in [1.29, 1.82) is 0 Å². The van der Waals surface area contributed by atoms with Gasteiger partial charge in [-0.1, -0.05) is 23.4 Å². The highest BCUT2D eigenvalue weighted by Gasteiger charge is 2.24. The van der Waals surface area contributed by atoms with Gasteiger partial charge in [0.1, 0.15) is 18.1 Å². The van der Waals surface area contributed by atoms with Crippen molar-refractivity contribution in [2.75, 3.05) is 7.05 Å². The van der Waals surface area contributed by atoms with Crippen LogP contribution in [0.5, 0.6) is 5.75 Å². The van der Waals surface area contributed by atoms with Crippen molar-refractivity contribution < 1.29 is 14.1 Å². The normalized spacial score (nSPS) is 10.9. The molecular weight excluding hydrogens is 356 g/mol. The molecule has 0 bridgehead atoms. The monoisotopic (exact) mass is 382 g/mol. The van der Waals surface area contributed by atoms with Crippen LogP contribution in [0.15, 0.2) is 35.0 Å². The maximum atomic E-state index is 13.0. The molecule has 0 spiro atoms. The van der Waals surface area contributed by atoms with Crippen LogP contribution in [0, 0.1) is 20.8 Å². The van der Waals surface area contributed by atoms with Gasteiger partial charge in [-0.3, -0.25) is 9.48 Å². The molecule has 0 atom stereocenters. The van der Waals surface area contributed by atoms with Crippen molar-refractivity contribution in [1.82, 2.24) is 19.8 Å². The van der Waals surface area contributed by atoms with E-state index in [1.165, 1.54) is 0 Å². The van der Waals surface area contributed by atoms with Crippen LogP contribution < -0.4 is 4.74 Å². The van der Waals surface area contributed by atoms with Crippen molar-refractivity contribution >= 4 is 5.91 Å². The first-order chi connectivity index (χ1) is 13.4. The number of nitrogens with zero attached hydrogens (tertiary/aromatic N) is 4.